The van der Waals surface area contributed by atoms with Gasteiger partial charge in [0.15, 0.2) is 10.4 Å². The molecule has 1 N–H and O–H groups in total. The summed E-state index contributed by atoms with van der Waals surface area (Å²) >= 11 is 3.46. The van der Waals surface area contributed by atoms with Crippen LogP contribution in [0.4, 0.5) is 0 Å². The van der Waals surface area contributed by atoms with Crippen LogP contribution >= 0.6 is 15.9 Å². The van der Waals surface area contributed by atoms with Gasteiger partial charge in [-0.3, -0.25) is 9.59 Å². The molecular weight excluding hydrogens is 386 g/mol. The summed E-state index contributed by atoms with van der Waals surface area (Å²) in [4.78, 5) is 33.6. The zero-order valence-electron chi connectivity index (χ0n) is 15.9. The van der Waals surface area contributed by atoms with E-state index in [2.05, 4.69) is 31.1 Å². The number of rotatable bonds is 3. The molecule has 0 fully saturated rings. The molecule has 1 atom stereocenters. The molecule has 140 valence electrons. The van der Waals surface area contributed by atoms with E-state index in [-0.39, 0.29) is 11.8 Å². The fourth-order valence-corrected chi connectivity index (χ4v) is 3.53. The number of nitrogens with one attached hydrogen (secondary N) is 1. The summed E-state index contributed by atoms with van der Waals surface area (Å²) in [5.74, 6) is -0.429. The van der Waals surface area contributed by atoms with E-state index in [1.165, 1.54) is 4.90 Å². The van der Waals surface area contributed by atoms with E-state index < -0.39 is 11.5 Å². The Labute approximate surface area is 157 Å². The normalized spacial score (nSPS) is 16.8. The number of carbonyl (C=O) groups is 2. The molecule has 0 saturated carbocycles. The average Bonchev–Trinajstić information content (AvgIpc) is 2.67. The highest BCUT2D eigenvalue weighted by Crippen LogP contribution is 2.24. The standard InChI is InChI=1S/C17H28BrN5O2/c1-17(2,3)13(15(25)21(4)5)20-14(24)12-11-10-22(6)8-7-9-23(11)16(18)19-12/h13H,7-10H2,1-6H3,(H,20,24)/t13-/m1/s1. The molecule has 0 aliphatic carbocycles. The van der Waals surface area contributed by atoms with Gasteiger partial charge in [0.25, 0.3) is 5.91 Å². The molecule has 0 radical (unpaired) electrons. The smallest absolute Gasteiger partial charge is 0.272 e. The molecule has 1 aromatic rings. The molecule has 1 aromatic heterocycles. The Morgan fingerprint density at radius 3 is 2.48 bits per heavy atom. The van der Waals surface area contributed by atoms with Crippen LogP contribution in [0.15, 0.2) is 4.73 Å². The Morgan fingerprint density at radius 2 is 1.92 bits per heavy atom. The van der Waals surface area contributed by atoms with Crippen LogP contribution in [-0.4, -0.2) is 64.9 Å². The van der Waals surface area contributed by atoms with Crippen molar-refractivity contribution in [1.29, 1.82) is 0 Å². The van der Waals surface area contributed by atoms with Crippen molar-refractivity contribution in [3.05, 3.63) is 16.1 Å². The SMILES string of the molecule is CN1CCCn2c(Br)nc(C(=O)N[C@H](C(=O)N(C)C)C(C)(C)C)c2C1. The summed E-state index contributed by atoms with van der Waals surface area (Å²) in [6.45, 7) is 8.27. The van der Waals surface area contributed by atoms with E-state index in [4.69, 9.17) is 0 Å². The Hall–Kier alpha value is -1.41. The van der Waals surface area contributed by atoms with E-state index in [0.29, 0.717) is 17.0 Å². The minimum absolute atomic E-state index is 0.123. The zero-order chi connectivity index (χ0) is 18.9. The molecule has 0 unspecified atom stereocenters. The molecule has 0 saturated heterocycles. The van der Waals surface area contributed by atoms with Gasteiger partial charge >= 0.3 is 0 Å². The number of halogens is 1. The third-order valence-electron chi connectivity index (χ3n) is 4.41. The van der Waals surface area contributed by atoms with Crippen LogP contribution in [0.25, 0.3) is 0 Å². The van der Waals surface area contributed by atoms with Crippen LogP contribution in [0.5, 0.6) is 0 Å². The maximum atomic E-state index is 12.9. The summed E-state index contributed by atoms with van der Waals surface area (Å²) in [7, 11) is 5.43. The van der Waals surface area contributed by atoms with Gasteiger partial charge in [-0.2, -0.15) is 0 Å². The number of hydrogen-bond donors (Lipinski definition) is 1. The lowest BCUT2D eigenvalue weighted by atomic mass is 9.85. The van der Waals surface area contributed by atoms with E-state index in [1.54, 1.807) is 14.1 Å². The lowest BCUT2D eigenvalue weighted by Gasteiger charge is -2.32. The fraction of sp³-hybridized carbons (Fsp3) is 0.706. The van der Waals surface area contributed by atoms with Crippen molar-refractivity contribution >= 4 is 27.7 Å². The second-order valence-electron chi connectivity index (χ2n) is 7.92. The first-order chi connectivity index (χ1) is 11.5. The second kappa shape index (κ2) is 7.45. The van der Waals surface area contributed by atoms with Crippen LogP contribution in [-0.2, 0) is 17.9 Å². The van der Waals surface area contributed by atoms with Crippen molar-refractivity contribution in [1.82, 2.24) is 24.7 Å². The van der Waals surface area contributed by atoms with Gasteiger partial charge < -0.3 is 19.7 Å². The number of fused-ring (bicyclic) bond motifs is 1. The molecule has 25 heavy (non-hydrogen) atoms. The van der Waals surface area contributed by atoms with Gasteiger partial charge in [0.05, 0.1) is 5.69 Å². The van der Waals surface area contributed by atoms with E-state index in [9.17, 15) is 9.59 Å². The van der Waals surface area contributed by atoms with Crippen LogP contribution in [0.1, 0.15) is 43.4 Å². The third-order valence-corrected chi connectivity index (χ3v) is 5.02. The molecule has 2 rings (SSSR count). The van der Waals surface area contributed by atoms with Gasteiger partial charge in [0, 0.05) is 27.2 Å². The molecule has 1 aliphatic heterocycles. The first kappa shape index (κ1) is 19.9. The number of likely N-dealkylation sites (N-methyl/N-ethyl adjacent to an activating group) is 1. The van der Waals surface area contributed by atoms with Gasteiger partial charge in [-0.25, -0.2) is 4.98 Å². The van der Waals surface area contributed by atoms with Crippen LogP contribution in [0, 0.1) is 5.41 Å². The van der Waals surface area contributed by atoms with Crippen molar-refractivity contribution in [3.63, 3.8) is 0 Å². The average molecular weight is 414 g/mol. The first-order valence-electron chi connectivity index (χ1n) is 8.48. The predicted octanol–water partition coefficient (Wildman–Crippen LogP) is 1.71. The maximum Gasteiger partial charge on any atom is 0.272 e. The monoisotopic (exact) mass is 413 g/mol. The van der Waals surface area contributed by atoms with Gasteiger partial charge in [-0.1, -0.05) is 20.8 Å². The van der Waals surface area contributed by atoms with Crippen molar-refractivity contribution in [2.75, 3.05) is 27.7 Å². The maximum absolute atomic E-state index is 12.9. The largest absolute Gasteiger partial charge is 0.347 e. The Balaban J connectivity index is 2.33. The highest BCUT2D eigenvalue weighted by Gasteiger charge is 2.35. The Bertz CT molecular complexity index is 663. The van der Waals surface area contributed by atoms with E-state index in [1.807, 2.05) is 32.4 Å². The van der Waals surface area contributed by atoms with Crippen molar-refractivity contribution < 1.29 is 9.59 Å². The topological polar surface area (TPSA) is 70.5 Å². The van der Waals surface area contributed by atoms with Gasteiger partial charge in [0.2, 0.25) is 5.91 Å². The molecule has 1 aliphatic rings. The van der Waals surface area contributed by atoms with Gasteiger partial charge in [0.1, 0.15) is 6.04 Å². The van der Waals surface area contributed by atoms with Crippen LogP contribution in [0.3, 0.4) is 0 Å². The number of amides is 2. The Kier molecular flexibility index (Phi) is 5.93. The highest BCUT2D eigenvalue weighted by molar-refractivity contribution is 9.10. The summed E-state index contributed by atoms with van der Waals surface area (Å²) in [6.07, 6.45) is 1.00. The summed E-state index contributed by atoms with van der Waals surface area (Å²) < 4.78 is 2.70. The summed E-state index contributed by atoms with van der Waals surface area (Å²) in [6, 6.07) is -0.616. The summed E-state index contributed by atoms with van der Waals surface area (Å²) in [5.41, 5.74) is 0.873. The Morgan fingerprint density at radius 1 is 1.28 bits per heavy atom. The van der Waals surface area contributed by atoms with Crippen LogP contribution in [0.2, 0.25) is 0 Å². The van der Waals surface area contributed by atoms with E-state index >= 15 is 0 Å². The molecule has 2 amide bonds. The minimum Gasteiger partial charge on any atom is -0.347 e. The molecule has 7 nitrogen and oxygen atoms in total. The van der Waals surface area contributed by atoms with Crippen molar-refractivity contribution in [2.45, 2.75) is 46.3 Å². The number of aromatic nitrogens is 2. The number of carbonyl (C=O) groups excluding carboxylic acids is 2. The molecule has 0 aromatic carbocycles. The second-order valence-corrected chi connectivity index (χ2v) is 8.63. The van der Waals surface area contributed by atoms with Gasteiger partial charge in [-0.05, 0) is 41.4 Å². The fourth-order valence-electron chi connectivity index (χ4n) is 2.97. The predicted molar refractivity (Wildman–Crippen MR) is 100 cm³/mol. The quantitative estimate of drug-likeness (QED) is 0.818. The molecule has 0 bridgehead atoms. The molecule has 0 spiro atoms. The molecule has 8 heteroatoms. The van der Waals surface area contributed by atoms with E-state index in [0.717, 1.165) is 25.2 Å². The molecule has 2 heterocycles. The minimum atomic E-state index is -0.616. The highest BCUT2D eigenvalue weighted by atomic mass is 79.9. The molecular formula is C17H28BrN5O2. The van der Waals surface area contributed by atoms with Gasteiger partial charge in [-0.15, -0.1) is 0 Å². The lowest BCUT2D eigenvalue weighted by Crippen LogP contribution is -2.53. The third kappa shape index (κ3) is 4.41. The zero-order valence-corrected chi connectivity index (χ0v) is 17.5. The summed E-state index contributed by atoms with van der Waals surface area (Å²) in [5, 5.41) is 2.91. The van der Waals surface area contributed by atoms with Crippen molar-refractivity contribution in [3.8, 4) is 0 Å². The lowest BCUT2D eigenvalue weighted by molar-refractivity contribution is -0.133. The number of nitrogens with zero attached hydrogens (tertiary/aromatic N) is 4. The number of hydrogen-bond acceptors (Lipinski definition) is 4. The van der Waals surface area contributed by atoms with Crippen LogP contribution < -0.4 is 5.32 Å². The first-order valence-corrected chi connectivity index (χ1v) is 9.27. The number of imidazole rings is 1. The van der Waals surface area contributed by atoms with Crippen molar-refractivity contribution in [2.24, 2.45) is 5.41 Å².